The highest BCUT2D eigenvalue weighted by atomic mass is 19.3. The van der Waals surface area contributed by atoms with Gasteiger partial charge in [0.25, 0.3) is 6.43 Å². The van der Waals surface area contributed by atoms with Gasteiger partial charge in [-0.15, -0.1) is 0 Å². The van der Waals surface area contributed by atoms with Crippen LogP contribution in [0.1, 0.15) is 17.8 Å². The van der Waals surface area contributed by atoms with Crippen LogP contribution in [0.25, 0.3) is 0 Å². The minimum absolute atomic E-state index is 0.194. The van der Waals surface area contributed by atoms with Gasteiger partial charge in [-0.3, -0.25) is 0 Å². The summed E-state index contributed by atoms with van der Waals surface area (Å²) < 4.78 is 36.8. The lowest BCUT2D eigenvalue weighted by atomic mass is 10.3. The monoisotopic (exact) mass is 177 g/mol. The standard InChI is InChI=1S/C6H6F3N3/c7-4-3(1-10)11-2-12-5(4)6(8)9/h2,6H,1,10H2. The molecule has 0 aliphatic carbocycles. The number of aromatic nitrogens is 2. The van der Waals surface area contributed by atoms with E-state index in [1.165, 1.54) is 0 Å². The van der Waals surface area contributed by atoms with E-state index in [2.05, 4.69) is 9.97 Å². The molecule has 0 radical (unpaired) electrons. The zero-order valence-corrected chi connectivity index (χ0v) is 5.97. The van der Waals surface area contributed by atoms with Crippen molar-refractivity contribution in [1.29, 1.82) is 0 Å². The van der Waals surface area contributed by atoms with Crippen LogP contribution in [0, 0.1) is 5.82 Å². The third-order valence-electron chi connectivity index (χ3n) is 1.29. The molecule has 12 heavy (non-hydrogen) atoms. The topological polar surface area (TPSA) is 51.8 Å². The van der Waals surface area contributed by atoms with Crippen LogP contribution in [0.15, 0.2) is 6.33 Å². The van der Waals surface area contributed by atoms with E-state index in [4.69, 9.17) is 5.73 Å². The van der Waals surface area contributed by atoms with Gasteiger partial charge in [0, 0.05) is 6.54 Å². The second kappa shape index (κ2) is 3.48. The molecule has 1 aromatic rings. The van der Waals surface area contributed by atoms with Gasteiger partial charge in [0.1, 0.15) is 12.0 Å². The molecule has 0 saturated carbocycles. The Morgan fingerprint density at radius 3 is 2.58 bits per heavy atom. The van der Waals surface area contributed by atoms with E-state index < -0.39 is 17.9 Å². The molecule has 0 saturated heterocycles. The number of hydrogen-bond donors (Lipinski definition) is 1. The molecule has 0 bridgehead atoms. The average Bonchev–Trinajstić information content (AvgIpc) is 2.04. The molecule has 6 heteroatoms. The Kier molecular flexibility index (Phi) is 2.59. The quantitative estimate of drug-likeness (QED) is 0.733. The average molecular weight is 177 g/mol. The summed E-state index contributed by atoms with van der Waals surface area (Å²) in [5, 5.41) is 0. The lowest BCUT2D eigenvalue weighted by Gasteiger charge is -2.02. The maximum atomic E-state index is 12.8. The van der Waals surface area contributed by atoms with Gasteiger partial charge in [-0.1, -0.05) is 0 Å². The molecule has 3 nitrogen and oxygen atoms in total. The summed E-state index contributed by atoms with van der Waals surface area (Å²) >= 11 is 0. The smallest absolute Gasteiger partial charge is 0.283 e. The molecule has 66 valence electrons. The highest BCUT2D eigenvalue weighted by molar-refractivity contribution is 5.12. The molecule has 0 aromatic carbocycles. The van der Waals surface area contributed by atoms with Crippen molar-refractivity contribution in [2.75, 3.05) is 0 Å². The van der Waals surface area contributed by atoms with Crippen molar-refractivity contribution in [3.05, 3.63) is 23.5 Å². The Hall–Kier alpha value is -1.17. The largest absolute Gasteiger partial charge is 0.325 e. The van der Waals surface area contributed by atoms with Gasteiger partial charge in [0.2, 0.25) is 0 Å². The Bertz CT molecular complexity index is 277. The van der Waals surface area contributed by atoms with Crippen molar-refractivity contribution in [1.82, 2.24) is 9.97 Å². The van der Waals surface area contributed by atoms with E-state index in [0.717, 1.165) is 6.33 Å². The predicted molar refractivity (Wildman–Crippen MR) is 34.8 cm³/mol. The van der Waals surface area contributed by atoms with E-state index in [9.17, 15) is 13.2 Å². The SMILES string of the molecule is NCc1ncnc(C(F)F)c1F. The fourth-order valence-electron chi connectivity index (χ4n) is 0.716. The predicted octanol–water partition coefficient (Wildman–Crippen LogP) is 1.01. The molecule has 0 unspecified atom stereocenters. The third-order valence-corrected chi connectivity index (χ3v) is 1.29. The molecule has 0 spiro atoms. The molecule has 2 N–H and O–H groups in total. The Morgan fingerprint density at radius 1 is 1.42 bits per heavy atom. The molecule has 0 atom stereocenters. The molecule has 0 fully saturated rings. The molecule has 1 heterocycles. The third kappa shape index (κ3) is 1.53. The van der Waals surface area contributed by atoms with Gasteiger partial charge in [-0.25, -0.2) is 23.1 Å². The lowest BCUT2D eigenvalue weighted by Crippen LogP contribution is -2.07. The first-order valence-electron chi connectivity index (χ1n) is 3.14. The van der Waals surface area contributed by atoms with Gasteiger partial charge in [0.15, 0.2) is 5.82 Å². The fraction of sp³-hybridized carbons (Fsp3) is 0.333. The zero-order valence-electron chi connectivity index (χ0n) is 5.97. The first-order valence-corrected chi connectivity index (χ1v) is 3.14. The van der Waals surface area contributed by atoms with Crippen LogP contribution in [0.5, 0.6) is 0 Å². The highest BCUT2D eigenvalue weighted by Gasteiger charge is 2.17. The molecule has 0 aliphatic heterocycles. The Balaban J connectivity index is 3.14. The van der Waals surface area contributed by atoms with Crippen LogP contribution in [0.2, 0.25) is 0 Å². The highest BCUT2D eigenvalue weighted by Crippen LogP contribution is 2.19. The number of alkyl halides is 2. The fourth-order valence-corrected chi connectivity index (χ4v) is 0.716. The van der Waals surface area contributed by atoms with E-state index in [1.807, 2.05) is 0 Å². The number of nitrogens with zero attached hydrogens (tertiary/aromatic N) is 2. The lowest BCUT2D eigenvalue weighted by molar-refractivity contribution is 0.140. The van der Waals surface area contributed by atoms with Crippen LogP contribution in [0.4, 0.5) is 13.2 Å². The summed E-state index contributed by atoms with van der Waals surface area (Å²) in [5.41, 5.74) is 3.95. The molecule has 1 rings (SSSR count). The maximum absolute atomic E-state index is 12.8. The zero-order chi connectivity index (χ0) is 9.14. The van der Waals surface area contributed by atoms with Crippen molar-refractivity contribution in [3.63, 3.8) is 0 Å². The maximum Gasteiger partial charge on any atom is 0.283 e. The first-order chi connectivity index (χ1) is 5.66. The van der Waals surface area contributed by atoms with Crippen LogP contribution in [0.3, 0.4) is 0 Å². The second-order valence-corrected chi connectivity index (χ2v) is 2.02. The Labute approximate surface area is 66.4 Å². The van der Waals surface area contributed by atoms with E-state index in [0.29, 0.717) is 0 Å². The summed E-state index contributed by atoms with van der Waals surface area (Å²) in [6.07, 6.45) is -2.06. The van der Waals surface area contributed by atoms with Crippen LogP contribution >= 0.6 is 0 Å². The van der Waals surface area contributed by atoms with E-state index in [1.54, 1.807) is 0 Å². The van der Waals surface area contributed by atoms with Crippen LogP contribution in [-0.4, -0.2) is 9.97 Å². The van der Waals surface area contributed by atoms with Gasteiger partial charge in [-0.2, -0.15) is 0 Å². The van der Waals surface area contributed by atoms with Crippen molar-refractivity contribution in [2.24, 2.45) is 5.73 Å². The first kappa shape index (κ1) is 8.92. The van der Waals surface area contributed by atoms with E-state index >= 15 is 0 Å². The van der Waals surface area contributed by atoms with Gasteiger partial charge < -0.3 is 5.73 Å². The molecule has 0 aliphatic rings. The normalized spacial score (nSPS) is 10.8. The van der Waals surface area contributed by atoms with Crippen molar-refractivity contribution in [2.45, 2.75) is 13.0 Å². The molecular weight excluding hydrogens is 171 g/mol. The van der Waals surface area contributed by atoms with Crippen molar-refractivity contribution < 1.29 is 13.2 Å². The molecule has 1 aromatic heterocycles. The summed E-state index contributed by atoms with van der Waals surface area (Å²) in [7, 11) is 0. The summed E-state index contributed by atoms with van der Waals surface area (Å²) in [5.74, 6) is -1.12. The number of halogens is 3. The summed E-state index contributed by atoms with van der Waals surface area (Å²) in [6, 6.07) is 0. The van der Waals surface area contributed by atoms with Crippen LogP contribution in [-0.2, 0) is 6.54 Å². The molecule has 0 amide bonds. The van der Waals surface area contributed by atoms with Crippen molar-refractivity contribution >= 4 is 0 Å². The van der Waals surface area contributed by atoms with Crippen molar-refractivity contribution in [3.8, 4) is 0 Å². The number of nitrogens with two attached hydrogens (primary N) is 1. The van der Waals surface area contributed by atoms with Gasteiger partial charge >= 0.3 is 0 Å². The summed E-state index contributed by atoms with van der Waals surface area (Å²) in [6.45, 7) is -0.214. The second-order valence-electron chi connectivity index (χ2n) is 2.02. The van der Waals surface area contributed by atoms with Gasteiger partial charge in [0.05, 0.1) is 5.69 Å². The summed E-state index contributed by atoms with van der Waals surface area (Å²) in [4.78, 5) is 6.49. The minimum atomic E-state index is -2.93. The number of rotatable bonds is 2. The number of hydrogen-bond acceptors (Lipinski definition) is 3. The molecular formula is C6H6F3N3. The van der Waals surface area contributed by atoms with Gasteiger partial charge in [-0.05, 0) is 0 Å². The Morgan fingerprint density at radius 2 is 2.08 bits per heavy atom. The minimum Gasteiger partial charge on any atom is -0.325 e. The van der Waals surface area contributed by atoms with E-state index in [-0.39, 0.29) is 12.2 Å². The van der Waals surface area contributed by atoms with Crippen LogP contribution < -0.4 is 5.73 Å².